The minimum atomic E-state index is -0.870. The Bertz CT molecular complexity index is 375. The Kier molecular flexibility index (Phi) is 7.52. The maximum Gasteiger partial charge on any atom is 0.317 e. The molecule has 0 bridgehead atoms. The summed E-state index contributed by atoms with van der Waals surface area (Å²) in [5.74, 6) is -1.53. The van der Waals surface area contributed by atoms with Gasteiger partial charge in [0.2, 0.25) is 5.91 Å². The van der Waals surface area contributed by atoms with E-state index in [1.165, 1.54) is 4.90 Å². The summed E-state index contributed by atoms with van der Waals surface area (Å²) < 4.78 is 4.80. The van der Waals surface area contributed by atoms with Crippen LogP contribution in [-0.4, -0.2) is 67.8 Å². The maximum absolute atomic E-state index is 11.9. The van der Waals surface area contributed by atoms with E-state index in [0.29, 0.717) is 32.5 Å². The third kappa shape index (κ3) is 6.44. The number of rotatable bonds is 7. The van der Waals surface area contributed by atoms with Crippen LogP contribution in [0.15, 0.2) is 0 Å². The van der Waals surface area contributed by atoms with Gasteiger partial charge in [0.05, 0.1) is 12.5 Å². The van der Waals surface area contributed by atoms with E-state index in [2.05, 4.69) is 10.6 Å². The monoisotopic (exact) mass is 301 g/mol. The summed E-state index contributed by atoms with van der Waals surface area (Å²) in [7, 11) is 1.55. The number of carboxylic acid groups (broad SMARTS) is 1. The molecule has 0 aromatic heterocycles. The van der Waals surface area contributed by atoms with Crippen molar-refractivity contribution < 1.29 is 24.2 Å². The third-order valence-electron chi connectivity index (χ3n) is 3.31. The van der Waals surface area contributed by atoms with Gasteiger partial charge in [-0.2, -0.15) is 0 Å². The standard InChI is InChI=1S/C13H23N3O5/c1-21-8-6-14-11(17)4-5-15-13(20)16-7-2-3-10(9-16)12(18)19/h10H,2-9H2,1H3,(H,14,17)(H,15,20)(H,18,19)/t10-/m0/s1. The van der Waals surface area contributed by atoms with Crippen molar-refractivity contribution >= 4 is 17.9 Å². The summed E-state index contributed by atoms with van der Waals surface area (Å²) in [6.07, 6.45) is 1.47. The van der Waals surface area contributed by atoms with Gasteiger partial charge in [-0.05, 0) is 12.8 Å². The minimum absolute atomic E-state index is 0.158. The van der Waals surface area contributed by atoms with Crippen molar-refractivity contribution in [3.63, 3.8) is 0 Å². The highest BCUT2D eigenvalue weighted by atomic mass is 16.5. The summed E-state index contributed by atoms with van der Waals surface area (Å²) in [5.41, 5.74) is 0. The number of piperidine rings is 1. The molecule has 3 amide bonds. The number of likely N-dealkylation sites (tertiary alicyclic amines) is 1. The first-order valence-electron chi connectivity index (χ1n) is 7.05. The van der Waals surface area contributed by atoms with E-state index in [-0.39, 0.29) is 31.4 Å². The SMILES string of the molecule is COCCNC(=O)CCNC(=O)N1CCC[C@H](C(=O)O)C1. The minimum Gasteiger partial charge on any atom is -0.481 e. The number of aliphatic carboxylic acids is 1. The van der Waals surface area contributed by atoms with E-state index in [4.69, 9.17) is 9.84 Å². The van der Waals surface area contributed by atoms with Crippen LogP contribution in [0.4, 0.5) is 4.79 Å². The molecule has 1 atom stereocenters. The number of carbonyl (C=O) groups is 3. The first-order chi connectivity index (χ1) is 10.0. The van der Waals surface area contributed by atoms with Gasteiger partial charge in [0.1, 0.15) is 0 Å². The summed E-state index contributed by atoms with van der Waals surface area (Å²) in [6.45, 7) is 1.89. The Morgan fingerprint density at radius 2 is 2.05 bits per heavy atom. The van der Waals surface area contributed by atoms with Gasteiger partial charge >= 0.3 is 12.0 Å². The predicted molar refractivity (Wildman–Crippen MR) is 74.8 cm³/mol. The number of nitrogens with one attached hydrogen (secondary N) is 2. The fourth-order valence-electron chi connectivity index (χ4n) is 2.14. The third-order valence-corrected chi connectivity index (χ3v) is 3.31. The summed E-state index contributed by atoms with van der Waals surface area (Å²) in [6, 6.07) is -0.314. The Hall–Kier alpha value is -1.83. The molecule has 1 rings (SSSR count). The smallest absolute Gasteiger partial charge is 0.317 e. The molecule has 0 radical (unpaired) electrons. The quantitative estimate of drug-likeness (QED) is 0.557. The highest BCUT2D eigenvalue weighted by Crippen LogP contribution is 2.16. The molecule has 0 aliphatic carbocycles. The number of nitrogens with zero attached hydrogens (tertiary/aromatic N) is 1. The molecule has 8 nitrogen and oxygen atoms in total. The Balaban J connectivity index is 2.21. The number of methoxy groups -OCH3 is 1. The zero-order chi connectivity index (χ0) is 15.7. The average Bonchev–Trinajstić information content (AvgIpc) is 2.47. The molecule has 1 aliphatic rings. The molecule has 8 heteroatoms. The molecule has 0 spiro atoms. The molecule has 1 fully saturated rings. The normalized spacial score (nSPS) is 18.1. The average molecular weight is 301 g/mol. The van der Waals surface area contributed by atoms with Gasteiger partial charge in [0.15, 0.2) is 0 Å². The summed E-state index contributed by atoms with van der Waals surface area (Å²) in [5, 5.41) is 14.3. The van der Waals surface area contributed by atoms with Crippen molar-refractivity contribution in [1.29, 1.82) is 0 Å². The van der Waals surface area contributed by atoms with Gasteiger partial charge < -0.3 is 25.4 Å². The second kappa shape index (κ2) is 9.17. The lowest BCUT2D eigenvalue weighted by atomic mass is 9.99. The molecule has 120 valence electrons. The second-order valence-electron chi connectivity index (χ2n) is 4.95. The van der Waals surface area contributed by atoms with Crippen LogP contribution in [-0.2, 0) is 14.3 Å². The molecule has 0 aromatic carbocycles. The topological polar surface area (TPSA) is 108 Å². The lowest BCUT2D eigenvalue weighted by Gasteiger charge is -2.30. The molecule has 1 saturated heterocycles. The van der Waals surface area contributed by atoms with Crippen molar-refractivity contribution in [2.45, 2.75) is 19.3 Å². The number of hydrogen-bond acceptors (Lipinski definition) is 4. The van der Waals surface area contributed by atoms with E-state index in [0.717, 1.165) is 0 Å². The van der Waals surface area contributed by atoms with Crippen LogP contribution in [0.25, 0.3) is 0 Å². The van der Waals surface area contributed by atoms with Crippen LogP contribution in [0.3, 0.4) is 0 Å². The Morgan fingerprint density at radius 1 is 1.29 bits per heavy atom. The highest BCUT2D eigenvalue weighted by Gasteiger charge is 2.27. The first kappa shape index (κ1) is 17.2. The van der Waals surface area contributed by atoms with Crippen molar-refractivity contribution in [2.75, 3.05) is 39.9 Å². The van der Waals surface area contributed by atoms with E-state index < -0.39 is 11.9 Å². The van der Waals surface area contributed by atoms with E-state index in [1.807, 2.05) is 0 Å². The number of amides is 3. The number of carbonyl (C=O) groups excluding carboxylic acids is 2. The summed E-state index contributed by atoms with van der Waals surface area (Å²) >= 11 is 0. The second-order valence-corrected chi connectivity index (χ2v) is 4.95. The van der Waals surface area contributed by atoms with E-state index in [9.17, 15) is 14.4 Å². The first-order valence-corrected chi connectivity index (χ1v) is 7.05. The number of urea groups is 1. The number of carboxylic acids is 1. The maximum atomic E-state index is 11.9. The Morgan fingerprint density at radius 3 is 2.71 bits per heavy atom. The zero-order valence-corrected chi connectivity index (χ0v) is 12.3. The highest BCUT2D eigenvalue weighted by molar-refractivity contribution is 5.79. The van der Waals surface area contributed by atoms with Crippen LogP contribution in [0, 0.1) is 5.92 Å². The van der Waals surface area contributed by atoms with Crippen LogP contribution in [0.2, 0.25) is 0 Å². The molecule has 0 aromatic rings. The van der Waals surface area contributed by atoms with E-state index in [1.54, 1.807) is 7.11 Å². The van der Waals surface area contributed by atoms with E-state index >= 15 is 0 Å². The largest absolute Gasteiger partial charge is 0.481 e. The number of ether oxygens (including phenoxy) is 1. The van der Waals surface area contributed by atoms with Crippen LogP contribution in [0.5, 0.6) is 0 Å². The predicted octanol–water partition coefficient (Wildman–Crippen LogP) is -0.355. The van der Waals surface area contributed by atoms with Gasteiger partial charge in [0, 0.05) is 39.7 Å². The molecule has 1 heterocycles. The molecule has 21 heavy (non-hydrogen) atoms. The zero-order valence-electron chi connectivity index (χ0n) is 12.3. The van der Waals surface area contributed by atoms with Gasteiger partial charge in [0.25, 0.3) is 0 Å². The molecule has 1 aliphatic heterocycles. The van der Waals surface area contributed by atoms with Crippen LogP contribution in [0.1, 0.15) is 19.3 Å². The van der Waals surface area contributed by atoms with Crippen LogP contribution < -0.4 is 10.6 Å². The van der Waals surface area contributed by atoms with Gasteiger partial charge in [-0.1, -0.05) is 0 Å². The van der Waals surface area contributed by atoms with Gasteiger partial charge in [-0.15, -0.1) is 0 Å². The molecular weight excluding hydrogens is 278 g/mol. The summed E-state index contributed by atoms with van der Waals surface area (Å²) in [4.78, 5) is 35.7. The fourth-order valence-corrected chi connectivity index (χ4v) is 2.14. The van der Waals surface area contributed by atoms with Gasteiger partial charge in [-0.25, -0.2) is 4.79 Å². The lowest BCUT2D eigenvalue weighted by Crippen LogP contribution is -2.47. The van der Waals surface area contributed by atoms with Crippen molar-refractivity contribution in [3.05, 3.63) is 0 Å². The van der Waals surface area contributed by atoms with Crippen molar-refractivity contribution in [1.82, 2.24) is 15.5 Å². The van der Waals surface area contributed by atoms with Crippen molar-refractivity contribution in [2.24, 2.45) is 5.92 Å². The lowest BCUT2D eigenvalue weighted by molar-refractivity contribution is -0.143. The van der Waals surface area contributed by atoms with Gasteiger partial charge in [-0.3, -0.25) is 9.59 Å². The fraction of sp³-hybridized carbons (Fsp3) is 0.769. The van der Waals surface area contributed by atoms with Crippen LogP contribution >= 0.6 is 0 Å². The Labute approximate surface area is 123 Å². The molecule has 3 N–H and O–H groups in total. The van der Waals surface area contributed by atoms with Crippen molar-refractivity contribution in [3.8, 4) is 0 Å². The number of hydrogen-bond donors (Lipinski definition) is 3. The molecular formula is C13H23N3O5. The molecule has 0 unspecified atom stereocenters. The molecule has 0 saturated carbocycles.